The maximum atomic E-state index is 12.8. The quantitative estimate of drug-likeness (QED) is 0.536. The zero-order valence-electron chi connectivity index (χ0n) is 15.3. The SMILES string of the molecule is Cc1ccc(-c2nc(C(=O)/C=C3\NCCc4cc5c(cc43)OCO5)cs2)cc1. The van der Waals surface area contributed by atoms with Gasteiger partial charge in [-0.25, -0.2) is 4.98 Å². The number of nitrogens with zero attached hydrogens (tertiary/aromatic N) is 1. The number of aromatic nitrogens is 1. The highest BCUT2D eigenvalue weighted by atomic mass is 32.1. The number of nitrogens with one attached hydrogen (secondary N) is 1. The van der Waals surface area contributed by atoms with Gasteiger partial charge in [-0.1, -0.05) is 29.8 Å². The molecule has 0 atom stereocenters. The van der Waals surface area contributed by atoms with Crippen molar-refractivity contribution in [3.8, 4) is 22.1 Å². The van der Waals surface area contributed by atoms with Gasteiger partial charge >= 0.3 is 0 Å². The van der Waals surface area contributed by atoms with Crippen LogP contribution in [0.25, 0.3) is 16.3 Å². The number of carbonyl (C=O) groups is 1. The molecule has 5 nitrogen and oxygen atoms in total. The zero-order valence-corrected chi connectivity index (χ0v) is 16.1. The molecule has 0 saturated heterocycles. The molecular weight excluding hydrogens is 372 g/mol. The molecule has 0 unspecified atom stereocenters. The second-order valence-corrected chi connectivity index (χ2v) is 7.72. The molecule has 3 heterocycles. The lowest BCUT2D eigenvalue weighted by Gasteiger charge is -2.21. The van der Waals surface area contributed by atoms with Gasteiger partial charge in [0.05, 0.1) is 0 Å². The van der Waals surface area contributed by atoms with E-state index in [9.17, 15) is 4.79 Å². The third-order valence-corrected chi connectivity index (χ3v) is 5.82. The third kappa shape index (κ3) is 3.05. The number of rotatable bonds is 3. The van der Waals surface area contributed by atoms with Crippen LogP contribution < -0.4 is 14.8 Å². The number of ketones is 1. The number of thiazole rings is 1. The van der Waals surface area contributed by atoms with Crippen molar-refractivity contribution in [2.45, 2.75) is 13.3 Å². The van der Waals surface area contributed by atoms with Crippen molar-refractivity contribution in [2.24, 2.45) is 0 Å². The number of fused-ring (bicyclic) bond motifs is 2. The van der Waals surface area contributed by atoms with Gasteiger partial charge in [0.1, 0.15) is 10.7 Å². The van der Waals surface area contributed by atoms with Crippen molar-refractivity contribution in [1.29, 1.82) is 0 Å². The number of allylic oxidation sites excluding steroid dienone is 1. The Morgan fingerprint density at radius 1 is 1.18 bits per heavy atom. The smallest absolute Gasteiger partial charge is 0.231 e. The first-order valence-corrected chi connectivity index (χ1v) is 10.0. The van der Waals surface area contributed by atoms with Gasteiger partial charge in [-0.05, 0) is 31.0 Å². The summed E-state index contributed by atoms with van der Waals surface area (Å²) in [6, 6.07) is 12.1. The molecule has 0 radical (unpaired) electrons. The van der Waals surface area contributed by atoms with E-state index >= 15 is 0 Å². The first-order chi connectivity index (χ1) is 13.7. The Bertz CT molecular complexity index is 1100. The fourth-order valence-electron chi connectivity index (χ4n) is 3.42. The minimum Gasteiger partial charge on any atom is -0.454 e. The minimum absolute atomic E-state index is 0.109. The van der Waals surface area contributed by atoms with Crippen molar-refractivity contribution >= 4 is 22.8 Å². The molecule has 1 N–H and O–H groups in total. The first kappa shape index (κ1) is 17.0. The summed E-state index contributed by atoms with van der Waals surface area (Å²) in [5, 5.41) is 6.00. The summed E-state index contributed by atoms with van der Waals surface area (Å²) in [6.07, 6.45) is 2.51. The maximum Gasteiger partial charge on any atom is 0.231 e. The van der Waals surface area contributed by atoms with E-state index in [1.807, 2.05) is 48.7 Å². The monoisotopic (exact) mass is 390 g/mol. The number of hydrogen-bond donors (Lipinski definition) is 1. The summed E-state index contributed by atoms with van der Waals surface area (Å²) in [5.74, 6) is 1.38. The van der Waals surface area contributed by atoms with E-state index in [1.165, 1.54) is 16.9 Å². The molecule has 2 aliphatic heterocycles. The molecule has 5 rings (SSSR count). The normalized spacial score (nSPS) is 16.0. The fraction of sp³-hybridized carbons (Fsp3) is 0.182. The predicted octanol–water partition coefficient (Wildman–Crippen LogP) is 4.22. The lowest BCUT2D eigenvalue weighted by atomic mass is 9.96. The van der Waals surface area contributed by atoms with Crippen molar-refractivity contribution in [3.05, 3.63) is 70.2 Å². The average molecular weight is 390 g/mol. The van der Waals surface area contributed by atoms with Gasteiger partial charge in [-0.2, -0.15) is 0 Å². The van der Waals surface area contributed by atoms with Crippen LogP contribution in [0.3, 0.4) is 0 Å². The standard InChI is InChI=1S/C22H18N2O3S/c1-13-2-4-14(5-3-13)22-24-18(11-28-22)19(25)10-17-16-9-21-20(26-12-27-21)8-15(16)6-7-23-17/h2-5,8-11,23H,6-7,12H2,1H3/b17-10-. The van der Waals surface area contributed by atoms with Gasteiger partial charge in [-0.15, -0.1) is 11.3 Å². The van der Waals surface area contributed by atoms with Gasteiger partial charge in [-0.3, -0.25) is 4.79 Å². The van der Waals surface area contributed by atoms with Crippen LogP contribution in [-0.2, 0) is 6.42 Å². The third-order valence-electron chi connectivity index (χ3n) is 4.93. The van der Waals surface area contributed by atoms with Crippen LogP contribution in [0.1, 0.15) is 27.2 Å². The van der Waals surface area contributed by atoms with E-state index in [0.717, 1.165) is 51.9 Å². The summed E-state index contributed by atoms with van der Waals surface area (Å²) in [6.45, 7) is 3.07. The molecule has 6 heteroatoms. The molecule has 0 fully saturated rings. The Morgan fingerprint density at radius 2 is 1.96 bits per heavy atom. The number of aryl methyl sites for hydroxylation is 1. The van der Waals surface area contributed by atoms with E-state index in [2.05, 4.69) is 10.3 Å². The highest BCUT2D eigenvalue weighted by Crippen LogP contribution is 2.38. The van der Waals surface area contributed by atoms with Crippen molar-refractivity contribution in [2.75, 3.05) is 13.3 Å². The summed E-state index contributed by atoms with van der Waals surface area (Å²) in [4.78, 5) is 17.4. The Labute approximate surface area is 166 Å². The van der Waals surface area contributed by atoms with E-state index in [0.29, 0.717) is 5.69 Å². The number of ether oxygens (including phenoxy) is 2. The Morgan fingerprint density at radius 3 is 2.79 bits per heavy atom. The van der Waals surface area contributed by atoms with Crippen molar-refractivity contribution < 1.29 is 14.3 Å². The van der Waals surface area contributed by atoms with Crippen LogP contribution in [0.4, 0.5) is 0 Å². The Kier molecular flexibility index (Phi) is 4.13. The molecule has 0 aliphatic carbocycles. The Hall–Kier alpha value is -3.12. The number of carbonyl (C=O) groups excluding carboxylic acids is 1. The molecule has 2 aromatic carbocycles. The van der Waals surface area contributed by atoms with E-state index in [4.69, 9.17) is 9.47 Å². The molecule has 1 aromatic heterocycles. The Balaban J connectivity index is 1.45. The lowest BCUT2D eigenvalue weighted by Crippen LogP contribution is -2.23. The molecule has 0 saturated carbocycles. The molecule has 2 aliphatic rings. The van der Waals surface area contributed by atoms with Crippen molar-refractivity contribution in [3.63, 3.8) is 0 Å². The van der Waals surface area contributed by atoms with Crippen LogP contribution in [-0.4, -0.2) is 24.1 Å². The maximum absolute atomic E-state index is 12.8. The topological polar surface area (TPSA) is 60.5 Å². The van der Waals surface area contributed by atoms with Gasteiger partial charge in [0.25, 0.3) is 0 Å². The minimum atomic E-state index is -0.109. The van der Waals surface area contributed by atoms with Gasteiger partial charge in [0.2, 0.25) is 12.6 Å². The second-order valence-electron chi connectivity index (χ2n) is 6.87. The second kappa shape index (κ2) is 6.80. The van der Waals surface area contributed by atoms with Crippen LogP contribution in [0.15, 0.2) is 47.9 Å². The van der Waals surface area contributed by atoms with Crippen LogP contribution in [0.2, 0.25) is 0 Å². The number of benzene rings is 2. The van der Waals surface area contributed by atoms with Gasteiger partial charge in [0, 0.05) is 34.8 Å². The van der Waals surface area contributed by atoms with E-state index in [1.54, 1.807) is 6.08 Å². The molecule has 0 bridgehead atoms. The predicted molar refractivity (Wildman–Crippen MR) is 109 cm³/mol. The lowest BCUT2D eigenvalue weighted by molar-refractivity contribution is 0.104. The molecule has 0 amide bonds. The summed E-state index contributed by atoms with van der Waals surface area (Å²) < 4.78 is 11.0. The molecule has 0 spiro atoms. The van der Waals surface area contributed by atoms with Crippen LogP contribution in [0, 0.1) is 6.92 Å². The average Bonchev–Trinajstić information content (AvgIpc) is 3.36. The zero-order chi connectivity index (χ0) is 19.1. The largest absolute Gasteiger partial charge is 0.454 e. The highest BCUT2D eigenvalue weighted by molar-refractivity contribution is 7.13. The molecular formula is C22H18N2O3S. The van der Waals surface area contributed by atoms with Gasteiger partial charge < -0.3 is 14.8 Å². The fourth-order valence-corrected chi connectivity index (χ4v) is 4.23. The number of hydrogen-bond acceptors (Lipinski definition) is 6. The highest BCUT2D eigenvalue weighted by Gasteiger charge is 2.22. The first-order valence-electron chi connectivity index (χ1n) is 9.13. The molecule has 140 valence electrons. The van der Waals surface area contributed by atoms with E-state index in [-0.39, 0.29) is 12.6 Å². The molecule has 3 aromatic rings. The molecule has 28 heavy (non-hydrogen) atoms. The summed E-state index contributed by atoms with van der Waals surface area (Å²) in [7, 11) is 0. The summed E-state index contributed by atoms with van der Waals surface area (Å²) >= 11 is 1.48. The van der Waals surface area contributed by atoms with E-state index < -0.39 is 0 Å². The van der Waals surface area contributed by atoms with Crippen molar-refractivity contribution in [1.82, 2.24) is 10.3 Å². The summed E-state index contributed by atoms with van der Waals surface area (Å²) in [5.41, 5.74) is 5.62. The van der Waals surface area contributed by atoms with Crippen LogP contribution in [0.5, 0.6) is 11.5 Å². The van der Waals surface area contributed by atoms with Gasteiger partial charge in [0.15, 0.2) is 11.5 Å². The van der Waals surface area contributed by atoms with Crippen LogP contribution >= 0.6 is 11.3 Å².